The number of benzene rings is 2. The van der Waals surface area contributed by atoms with Crippen molar-refractivity contribution in [1.29, 1.82) is 0 Å². The van der Waals surface area contributed by atoms with E-state index in [2.05, 4.69) is 10.6 Å². The summed E-state index contributed by atoms with van der Waals surface area (Å²) in [6.07, 6.45) is 2.21. The molecule has 0 unspecified atom stereocenters. The van der Waals surface area contributed by atoms with Crippen LogP contribution < -0.4 is 10.6 Å². The highest BCUT2D eigenvalue weighted by atomic mass is 19.1. The minimum Gasteiger partial charge on any atom is -0.459 e. The van der Waals surface area contributed by atoms with Gasteiger partial charge in [-0.05, 0) is 48.7 Å². The van der Waals surface area contributed by atoms with Gasteiger partial charge in [0.05, 0.1) is 17.5 Å². The van der Waals surface area contributed by atoms with Crippen molar-refractivity contribution in [2.75, 3.05) is 11.9 Å². The first-order valence-electron chi connectivity index (χ1n) is 10.4. The highest BCUT2D eigenvalue weighted by molar-refractivity contribution is 6.10. The molecule has 5 rings (SSSR count). The van der Waals surface area contributed by atoms with Gasteiger partial charge in [0.1, 0.15) is 11.9 Å². The molecule has 2 aromatic carbocycles. The van der Waals surface area contributed by atoms with E-state index in [1.165, 1.54) is 17.2 Å². The number of amides is 3. The fraction of sp³-hybridized carbons (Fsp3) is 0.208. The number of fused-ring (bicyclic) bond motifs is 2. The smallest absolute Gasteiger partial charge is 0.287 e. The predicted molar refractivity (Wildman–Crippen MR) is 114 cm³/mol. The minimum absolute atomic E-state index is 0.196. The molecule has 1 fully saturated rings. The highest BCUT2D eigenvalue weighted by Gasteiger charge is 2.40. The lowest BCUT2D eigenvalue weighted by Crippen LogP contribution is -2.55. The molecule has 0 aliphatic carbocycles. The van der Waals surface area contributed by atoms with E-state index in [4.69, 9.17) is 4.42 Å². The summed E-state index contributed by atoms with van der Waals surface area (Å²) in [4.78, 5) is 40.1. The van der Waals surface area contributed by atoms with Gasteiger partial charge in [-0.1, -0.05) is 24.3 Å². The number of piperidine rings is 1. The molecule has 1 aromatic heterocycles. The first kappa shape index (κ1) is 20.0. The van der Waals surface area contributed by atoms with Gasteiger partial charge in [0.2, 0.25) is 5.91 Å². The molecule has 3 aromatic rings. The topological polar surface area (TPSA) is 91.7 Å². The van der Waals surface area contributed by atoms with Crippen LogP contribution in [0, 0.1) is 5.82 Å². The van der Waals surface area contributed by atoms with Gasteiger partial charge < -0.3 is 20.0 Å². The van der Waals surface area contributed by atoms with Crippen LogP contribution >= 0.6 is 0 Å². The van der Waals surface area contributed by atoms with Crippen molar-refractivity contribution in [3.8, 4) is 11.1 Å². The van der Waals surface area contributed by atoms with Crippen molar-refractivity contribution in [3.05, 3.63) is 78.0 Å². The van der Waals surface area contributed by atoms with Gasteiger partial charge in [0.15, 0.2) is 5.76 Å². The van der Waals surface area contributed by atoms with Gasteiger partial charge in [0, 0.05) is 18.2 Å². The second-order valence-electron chi connectivity index (χ2n) is 7.92. The molecule has 2 atom stereocenters. The lowest BCUT2D eigenvalue weighted by molar-refractivity contribution is -0.121. The molecule has 2 aliphatic heterocycles. The lowest BCUT2D eigenvalue weighted by atomic mass is 9.95. The Morgan fingerprint density at radius 2 is 1.94 bits per heavy atom. The van der Waals surface area contributed by atoms with E-state index < -0.39 is 6.04 Å². The quantitative estimate of drug-likeness (QED) is 0.662. The largest absolute Gasteiger partial charge is 0.459 e. The van der Waals surface area contributed by atoms with Crippen LogP contribution in [0.4, 0.5) is 10.1 Å². The molecule has 1 saturated heterocycles. The molecule has 7 nitrogen and oxygen atoms in total. The maximum absolute atomic E-state index is 14.3. The van der Waals surface area contributed by atoms with Crippen molar-refractivity contribution in [2.45, 2.75) is 24.9 Å². The van der Waals surface area contributed by atoms with Crippen LogP contribution in [-0.2, 0) is 4.79 Å². The van der Waals surface area contributed by atoms with Crippen LogP contribution in [0.15, 0.2) is 65.3 Å². The summed E-state index contributed by atoms with van der Waals surface area (Å²) in [6, 6.07) is 13.5. The Balaban J connectivity index is 1.40. The summed E-state index contributed by atoms with van der Waals surface area (Å²) in [5, 5.41) is 5.70. The number of anilines is 1. The minimum atomic E-state index is -0.720. The normalized spacial score (nSPS) is 20.1. The van der Waals surface area contributed by atoms with Gasteiger partial charge >= 0.3 is 0 Å². The highest BCUT2D eigenvalue weighted by Crippen LogP contribution is 2.32. The Morgan fingerprint density at radius 1 is 1.09 bits per heavy atom. The number of rotatable bonds is 3. The maximum Gasteiger partial charge on any atom is 0.287 e. The molecule has 2 aliphatic rings. The maximum atomic E-state index is 14.3. The number of furan rings is 1. The van der Waals surface area contributed by atoms with Crippen LogP contribution in [-0.4, -0.2) is 41.2 Å². The molecule has 3 heterocycles. The van der Waals surface area contributed by atoms with Crippen LogP contribution in [0.5, 0.6) is 0 Å². The molecule has 0 spiro atoms. The molecule has 0 bridgehead atoms. The van der Waals surface area contributed by atoms with Gasteiger partial charge in [-0.2, -0.15) is 0 Å². The van der Waals surface area contributed by atoms with Crippen LogP contribution in [0.2, 0.25) is 0 Å². The van der Waals surface area contributed by atoms with Gasteiger partial charge in [-0.3, -0.25) is 14.4 Å². The number of nitrogens with zero attached hydrogens (tertiary/aromatic N) is 1. The van der Waals surface area contributed by atoms with E-state index in [-0.39, 0.29) is 41.8 Å². The Bertz CT molecular complexity index is 1210. The van der Waals surface area contributed by atoms with Crippen molar-refractivity contribution < 1.29 is 23.2 Å². The van der Waals surface area contributed by atoms with Crippen LogP contribution in [0.1, 0.15) is 33.8 Å². The Morgan fingerprint density at radius 3 is 2.72 bits per heavy atom. The third kappa shape index (κ3) is 3.53. The van der Waals surface area contributed by atoms with E-state index in [1.807, 2.05) is 0 Å². The SMILES string of the molecule is O=C(N[C@H]1CCN2C(=O)c3cc(-c4ccccc4F)ccc3NC(=O)[C@@H]2C1)c1ccco1. The first-order valence-corrected chi connectivity index (χ1v) is 10.4. The number of carbonyl (C=O) groups is 3. The summed E-state index contributed by atoms with van der Waals surface area (Å²) in [5.74, 6) is -1.15. The summed E-state index contributed by atoms with van der Waals surface area (Å²) in [7, 11) is 0. The van der Waals surface area contributed by atoms with E-state index in [0.29, 0.717) is 35.3 Å². The summed E-state index contributed by atoms with van der Waals surface area (Å²) < 4.78 is 19.4. The molecular formula is C24H20FN3O4. The average Bonchev–Trinajstić information content (AvgIpc) is 3.31. The van der Waals surface area contributed by atoms with Gasteiger partial charge in [0.25, 0.3) is 11.8 Å². The molecule has 0 radical (unpaired) electrons. The third-order valence-electron chi connectivity index (χ3n) is 5.94. The third-order valence-corrected chi connectivity index (χ3v) is 5.94. The standard InChI is InChI=1S/C24H20FN3O4/c25-18-5-2-1-4-16(18)14-7-8-19-17(12-14)24(31)28-10-9-15(13-20(28)22(29)27-19)26-23(30)21-6-3-11-32-21/h1-8,11-12,15,20H,9-10,13H2,(H,26,30)(H,27,29)/t15-,20-/m0/s1. The molecule has 32 heavy (non-hydrogen) atoms. The van der Waals surface area contributed by atoms with Crippen molar-refractivity contribution in [1.82, 2.24) is 10.2 Å². The Hall–Kier alpha value is -3.94. The molecule has 0 saturated carbocycles. The zero-order valence-corrected chi connectivity index (χ0v) is 17.0. The molecular weight excluding hydrogens is 413 g/mol. The lowest BCUT2D eigenvalue weighted by Gasteiger charge is -2.37. The number of nitrogens with one attached hydrogen (secondary N) is 2. The molecule has 162 valence electrons. The van der Waals surface area contributed by atoms with Crippen LogP contribution in [0.3, 0.4) is 0 Å². The second-order valence-corrected chi connectivity index (χ2v) is 7.92. The van der Waals surface area contributed by atoms with Crippen molar-refractivity contribution in [2.24, 2.45) is 0 Å². The van der Waals surface area contributed by atoms with E-state index in [0.717, 1.165) is 0 Å². The first-order chi connectivity index (χ1) is 15.5. The summed E-state index contributed by atoms with van der Waals surface area (Å²) in [5.41, 5.74) is 1.66. The number of hydrogen-bond acceptors (Lipinski definition) is 4. The van der Waals surface area contributed by atoms with E-state index in [1.54, 1.807) is 48.5 Å². The van der Waals surface area contributed by atoms with Crippen molar-refractivity contribution in [3.63, 3.8) is 0 Å². The average molecular weight is 433 g/mol. The van der Waals surface area contributed by atoms with Crippen LogP contribution in [0.25, 0.3) is 11.1 Å². The van der Waals surface area contributed by atoms with Crippen molar-refractivity contribution >= 4 is 23.4 Å². The monoisotopic (exact) mass is 433 g/mol. The van der Waals surface area contributed by atoms with Gasteiger partial charge in [-0.15, -0.1) is 0 Å². The predicted octanol–water partition coefficient (Wildman–Crippen LogP) is 3.44. The van der Waals surface area contributed by atoms with Gasteiger partial charge in [-0.25, -0.2) is 4.39 Å². The number of hydrogen-bond donors (Lipinski definition) is 2. The Kier molecular flexibility index (Phi) is 4.97. The summed E-state index contributed by atoms with van der Waals surface area (Å²) in [6.45, 7) is 0.309. The Labute approximate surface area is 183 Å². The molecule has 8 heteroatoms. The molecule has 3 amide bonds. The molecule has 2 N–H and O–H groups in total. The fourth-order valence-corrected chi connectivity index (χ4v) is 4.32. The summed E-state index contributed by atoms with van der Waals surface area (Å²) >= 11 is 0. The second kappa shape index (κ2) is 7.96. The van der Waals surface area contributed by atoms with E-state index in [9.17, 15) is 18.8 Å². The zero-order chi connectivity index (χ0) is 22.2. The fourth-order valence-electron chi connectivity index (χ4n) is 4.32. The number of carbonyl (C=O) groups excluding carboxylic acids is 3. The number of halogens is 1. The van der Waals surface area contributed by atoms with E-state index >= 15 is 0 Å². The zero-order valence-electron chi connectivity index (χ0n) is 17.0.